The van der Waals surface area contributed by atoms with Crippen LogP contribution in [-0.4, -0.2) is 48.8 Å². The zero-order valence-electron chi connectivity index (χ0n) is 19.4. The van der Waals surface area contributed by atoms with E-state index in [2.05, 4.69) is 26.1 Å². The van der Waals surface area contributed by atoms with Crippen LogP contribution in [0.3, 0.4) is 0 Å². The monoisotopic (exact) mass is 496 g/mol. The number of rotatable bonds is 6. The van der Waals surface area contributed by atoms with Crippen molar-refractivity contribution in [2.45, 2.75) is 13.1 Å². The second-order valence-electron chi connectivity index (χ2n) is 8.03. The van der Waals surface area contributed by atoms with Gasteiger partial charge in [0, 0.05) is 41.7 Å². The first kappa shape index (κ1) is 25.0. The average molecular weight is 496 g/mol. The fraction of sp³-hybridized carbons (Fsp3) is 0.269. The van der Waals surface area contributed by atoms with Crippen LogP contribution in [0.25, 0.3) is 11.1 Å². The first-order chi connectivity index (χ1) is 17.3. The van der Waals surface area contributed by atoms with Gasteiger partial charge < -0.3 is 19.7 Å². The summed E-state index contributed by atoms with van der Waals surface area (Å²) in [4.78, 5) is 23.6. The van der Waals surface area contributed by atoms with Crippen molar-refractivity contribution in [3.8, 4) is 29.4 Å². The summed E-state index contributed by atoms with van der Waals surface area (Å²) in [5.41, 5.74) is 2.18. The Morgan fingerprint density at radius 1 is 1.19 bits per heavy atom. The van der Waals surface area contributed by atoms with Gasteiger partial charge in [-0.05, 0) is 37.3 Å². The lowest BCUT2D eigenvalue weighted by molar-refractivity contribution is -0.137. The Hall–Kier alpha value is -4.10. The fourth-order valence-corrected chi connectivity index (χ4v) is 3.77. The topological polar surface area (TPSA) is 76.6 Å². The molecule has 1 N–H and O–H groups in total. The molecule has 0 saturated carbocycles. The van der Waals surface area contributed by atoms with Crippen molar-refractivity contribution < 1.29 is 27.4 Å². The predicted molar refractivity (Wildman–Crippen MR) is 129 cm³/mol. The molecule has 0 spiro atoms. The highest BCUT2D eigenvalue weighted by Gasteiger charge is 2.31. The van der Waals surface area contributed by atoms with Gasteiger partial charge in [-0.3, -0.25) is 9.78 Å². The van der Waals surface area contributed by atoms with Crippen molar-refractivity contribution >= 4 is 17.3 Å². The van der Waals surface area contributed by atoms with Crippen molar-refractivity contribution in [1.82, 2.24) is 9.97 Å². The third-order valence-corrected chi connectivity index (χ3v) is 5.58. The highest BCUT2D eigenvalue weighted by molar-refractivity contribution is 6.04. The third-order valence-electron chi connectivity index (χ3n) is 5.58. The summed E-state index contributed by atoms with van der Waals surface area (Å²) in [5, 5.41) is 2.63. The van der Waals surface area contributed by atoms with E-state index in [1.165, 1.54) is 18.3 Å². The van der Waals surface area contributed by atoms with E-state index < -0.39 is 17.6 Å². The Morgan fingerprint density at radius 2 is 1.97 bits per heavy atom. The lowest BCUT2D eigenvalue weighted by Crippen LogP contribution is -2.36. The van der Waals surface area contributed by atoms with Crippen LogP contribution < -0.4 is 15.0 Å². The Balaban J connectivity index is 1.63. The quantitative estimate of drug-likeness (QED) is 0.504. The molecule has 1 aromatic carbocycles. The van der Waals surface area contributed by atoms with Crippen LogP contribution >= 0.6 is 0 Å². The van der Waals surface area contributed by atoms with Crippen LogP contribution in [0.5, 0.6) is 5.88 Å². The first-order valence-corrected chi connectivity index (χ1v) is 11.1. The Labute approximate surface area is 206 Å². The van der Waals surface area contributed by atoms with Gasteiger partial charge in [0.1, 0.15) is 5.69 Å². The van der Waals surface area contributed by atoms with E-state index in [0.717, 1.165) is 23.4 Å². The molecular weight excluding hydrogens is 473 g/mol. The maximum atomic E-state index is 13.0. The summed E-state index contributed by atoms with van der Waals surface area (Å²) >= 11 is 0. The summed E-state index contributed by atoms with van der Waals surface area (Å²) in [7, 11) is 0. The standard InChI is InChI=1S/C26H23F3N4O3/c1-3-9-36-25-23(33-7-10-35-11-8-33)13-19(15-31-25)22-14-21(16-30-17(22)2)32-24(34)18-5-4-6-20(12-18)26(27,28)29/h1,4-6,12-16H,7-11H2,2H3,(H,32,34). The van der Waals surface area contributed by atoms with E-state index >= 15 is 0 Å². The molecule has 7 nitrogen and oxygen atoms in total. The predicted octanol–water partition coefficient (Wildman–Crippen LogP) is 4.57. The third kappa shape index (κ3) is 5.75. The van der Waals surface area contributed by atoms with Crippen molar-refractivity contribution in [1.29, 1.82) is 0 Å². The maximum Gasteiger partial charge on any atom is 0.416 e. The molecule has 0 bridgehead atoms. The molecule has 1 amide bonds. The molecule has 1 saturated heterocycles. The number of hydrogen-bond acceptors (Lipinski definition) is 6. The number of aryl methyl sites for hydroxylation is 1. The van der Waals surface area contributed by atoms with Gasteiger partial charge in [-0.1, -0.05) is 12.0 Å². The molecule has 3 aromatic rings. The molecular formula is C26H23F3N4O3. The van der Waals surface area contributed by atoms with Crippen LogP contribution in [0.1, 0.15) is 21.6 Å². The normalized spacial score (nSPS) is 13.7. The molecule has 3 heterocycles. The van der Waals surface area contributed by atoms with Gasteiger partial charge in [-0.25, -0.2) is 4.98 Å². The molecule has 0 radical (unpaired) electrons. The molecule has 2 aromatic heterocycles. The van der Waals surface area contributed by atoms with E-state index in [4.69, 9.17) is 15.9 Å². The largest absolute Gasteiger partial charge is 0.463 e. The number of pyridine rings is 2. The number of hydrogen-bond donors (Lipinski definition) is 1. The number of terminal acetylenes is 1. The van der Waals surface area contributed by atoms with E-state index in [0.29, 0.717) is 49.1 Å². The van der Waals surface area contributed by atoms with E-state index in [1.54, 1.807) is 12.3 Å². The highest BCUT2D eigenvalue weighted by Crippen LogP contribution is 2.34. The van der Waals surface area contributed by atoms with E-state index in [-0.39, 0.29) is 12.2 Å². The van der Waals surface area contributed by atoms with Gasteiger partial charge in [0.2, 0.25) is 5.88 Å². The first-order valence-electron chi connectivity index (χ1n) is 11.1. The van der Waals surface area contributed by atoms with Crippen LogP contribution in [0.2, 0.25) is 0 Å². The highest BCUT2D eigenvalue weighted by atomic mass is 19.4. The van der Waals surface area contributed by atoms with E-state index in [9.17, 15) is 18.0 Å². The summed E-state index contributed by atoms with van der Waals surface area (Å²) in [6.07, 6.45) is 3.87. The number of alkyl halides is 3. The summed E-state index contributed by atoms with van der Waals surface area (Å²) < 4.78 is 50.2. The number of benzene rings is 1. The summed E-state index contributed by atoms with van der Waals surface area (Å²) in [6.45, 7) is 4.32. The van der Waals surface area contributed by atoms with Gasteiger partial charge in [0.25, 0.3) is 5.91 Å². The van der Waals surface area contributed by atoms with Crippen LogP contribution in [0.15, 0.2) is 48.8 Å². The zero-order valence-corrected chi connectivity index (χ0v) is 19.4. The van der Waals surface area contributed by atoms with Crippen molar-refractivity contribution in [3.63, 3.8) is 0 Å². The number of carbonyl (C=O) groups is 1. The smallest absolute Gasteiger partial charge is 0.416 e. The number of ether oxygens (including phenoxy) is 2. The number of amides is 1. The summed E-state index contributed by atoms with van der Waals surface area (Å²) in [6, 6.07) is 7.85. The molecule has 36 heavy (non-hydrogen) atoms. The van der Waals surface area contributed by atoms with Gasteiger partial charge in [-0.2, -0.15) is 13.2 Å². The fourth-order valence-electron chi connectivity index (χ4n) is 3.77. The minimum atomic E-state index is -4.55. The van der Waals surface area contributed by atoms with Crippen LogP contribution in [0, 0.1) is 19.3 Å². The number of nitrogens with one attached hydrogen (secondary N) is 1. The number of morpholine rings is 1. The second kappa shape index (κ2) is 10.7. The maximum absolute atomic E-state index is 13.0. The molecule has 186 valence electrons. The van der Waals surface area contributed by atoms with Gasteiger partial charge >= 0.3 is 6.18 Å². The molecule has 0 aliphatic carbocycles. The Morgan fingerprint density at radius 3 is 2.69 bits per heavy atom. The molecule has 1 aliphatic heterocycles. The van der Waals surface area contributed by atoms with E-state index in [1.807, 2.05) is 13.0 Å². The van der Waals surface area contributed by atoms with Crippen molar-refractivity contribution in [3.05, 3.63) is 65.6 Å². The molecule has 1 fully saturated rings. The SMILES string of the molecule is C#CCOc1ncc(-c2cc(NC(=O)c3cccc(C(F)(F)F)c3)cnc2C)cc1N1CCOCC1. The van der Waals surface area contributed by atoms with Gasteiger partial charge in [-0.15, -0.1) is 6.42 Å². The number of nitrogens with zero attached hydrogens (tertiary/aromatic N) is 3. The minimum Gasteiger partial charge on any atom is -0.463 e. The second-order valence-corrected chi connectivity index (χ2v) is 8.03. The van der Waals surface area contributed by atoms with Crippen LogP contribution in [0.4, 0.5) is 24.5 Å². The van der Waals surface area contributed by atoms with Crippen LogP contribution in [-0.2, 0) is 10.9 Å². The Bertz CT molecular complexity index is 1300. The summed E-state index contributed by atoms with van der Waals surface area (Å²) in [5.74, 6) is 2.16. The number of aromatic nitrogens is 2. The average Bonchev–Trinajstić information content (AvgIpc) is 2.88. The Kier molecular flexibility index (Phi) is 7.41. The zero-order chi connectivity index (χ0) is 25.7. The molecule has 0 unspecified atom stereocenters. The lowest BCUT2D eigenvalue weighted by atomic mass is 10.0. The molecule has 1 aliphatic rings. The molecule has 0 atom stereocenters. The van der Waals surface area contributed by atoms with Crippen molar-refractivity contribution in [2.24, 2.45) is 0 Å². The number of halogens is 3. The minimum absolute atomic E-state index is 0.0708. The molecule has 4 rings (SSSR count). The number of anilines is 2. The van der Waals surface area contributed by atoms with Crippen molar-refractivity contribution in [2.75, 3.05) is 43.1 Å². The van der Waals surface area contributed by atoms with Gasteiger partial charge in [0.05, 0.1) is 30.7 Å². The lowest BCUT2D eigenvalue weighted by Gasteiger charge is -2.30. The number of carbonyl (C=O) groups excluding carboxylic acids is 1. The molecule has 10 heteroatoms. The van der Waals surface area contributed by atoms with Gasteiger partial charge in [0.15, 0.2) is 6.61 Å².